The number of hydrogen-bond acceptors (Lipinski definition) is 5. The number of para-hydroxylation sites is 1. The summed E-state index contributed by atoms with van der Waals surface area (Å²) in [5.74, 6) is -0.259. The predicted molar refractivity (Wildman–Crippen MR) is 85.4 cm³/mol. The Morgan fingerprint density at radius 2 is 1.65 bits per heavy atom. The third kappa shape index (κ3) is 4.44. The van der Waals surface area contributed by atoms with Gasteiger partial charge in [0.15, 0.2) is 0 Å². The lowest BCUT2D eigenvalue weighted by atomic mass is 10.2. The lowest BCUT2D eigenvalue weighted by Crippen LogP contribution is -2.09. The first kappa shape index (κ1) is 16.3. The molecule has 0 N–H and O–H groups in total. The molecule has 0 amide bonds. The van der Waals surface area contributed by atoms with Gasteiger partial charge in [-0.05, 0) is 35.9 Å². The summed E-state index contributed by atoms with van der Waals surface area (Å²) in [5, 5.41) is 0. The van der Waals surface area contributed by atoms with Gasteiger partial charge < -0.3 is 14.2 Å². The monoisotopic (exact) mass is 312 g/mol. The second kappa shape index (κ2) is 7.79. The Labute approximate surface area is 134 Å². The molecule has 5 heteroatoms. The Bertz CT molecular complexity index is 716. The summed E-state index contributed by atoms with van der Waals surface area (Å²) in [6.07, 6.45) is 2.90. The lowest BCUT2D eigenvalue weighted by Gasteiger charge is -2.06. The molecule has 0 aliphatic rings. The maximum atomic E-state index is 11.9. The van der Waals surface area contributed by atoms with Gasteiger partial charge in [0.2, 0.25) is 0 Å². The van der Waals surface area contributed by atoms with Gasteiger partial charge in [0.05, 0.1) is 14.2 Å². The predicted octanol–water partition coefficient (Wildman–Crippen LogP) is 3.10. The fraction of sp³-hybridized carbons (Fsp3) is 0.111. The van der Waals surface area contributed by atoms with Crippen LogP contribution in [0.5, 0.6) is 11.5 Å². The molecule has 5 nitrogen and oxygen atoms in total. The van der Waals surface area contributed by atoms with Crippen molar-refractivity contribution in [2.24, 2.45) is 0 Å². The van der Waals surface area contributed by atoms with Crippen LogP contribution in [0, 0.1) is 0 Å². The molecule has 23 heavy (non-hydrogen) atoms. The highest BCUT2D eigenvalue weighted by atomic mass is 16.5. The van der Waals surface area contributed by atoms with E-state index in [4.69, 9.17) is 9.47 Å². The van der Waals surface area contributed by atoms with Crippen LogP contribution in [0.25, 0.3) is 6.08 Å². The van der Waals surface area contributed by atoms with Gasteiger partial charge in [-0.25, -0.2) is 9.59 Å². The zero-order chi connectivity index (χ0) is 16.7. The van der Waals surface area contributed by atoms with E-state index in [-0.39, 0.29) is 11.3 Å². The van der Waals surface area contributed by atoms with E-state index < -0.39 is 11.9 Å². The zero-order valence-corrected chi connectivity index (χ0v) is 12.8. The second-order valence-corrected chi connectivity index (χ2v) is 4.52. The highest BCUT2D eigenvalue weighted by Crippen LogP contribution is 2.19. The average molecular weight is 312 g/mol. The van der Waals surface area contributed by atoms with Crippen molar-refractivity contribution >= 4 is 18.0 Å². The van der Waals surface area contributed by atoms with Crippen molar-refractivity contribution in [3.05, 3.63) is 65.7 Å². The molecule has 0 bridgehead atoms. The first-order valence-corrected chi connectivity index (χ1v) is 6.85. The van der Waals surface area contributed by atoms with E-state index in [0.29, 0.717) is 0 Å². The van der Waals surface area contributed by atoms with Crippen LogP contribution in [0.15, 0.2) is 54.6 Å². The number of rotatable bonds is 5. The van der Waals surface area contributed by atoms with Crippen LogP contribution >= 0.6 is 0 Å². The van der Waals surface area contributed by atoms with Gasteiger partial charge in [0.1, 0.15) is 17.1 Å². The van der Waals surface area contributed by atoms with Gasteiger partial charge in [0.25, 0.3) is 0 Å². The van der Waals surface area contributed by atoms with Crippen LogP contribution in [0.4, 0.5) is 0 Å². The SMILES string of the molecule is COC(=O)c1ccccc1OC(=O)/C=C/c1ccc(OC)cc1. The fourth-order valence-corrected chi connectivity index (χ4v) is 1.86. The molecule has 0 heterocycles. The number of esters is 2. The third-order valence-corrected chi connectivity index (χ3v) is 3.03. The summed E-state index contributed by atoms with van der Waals surface area (Å²) in [6.45, 7) is 0. The van der Waals surface area contributed by atoms with E-state index in [9.17, 15) is 9.59 Å². The van der Waals surface area contributed by atoms with Crippen molar-refractivity contribution in [1.29, 1.82) is 0 Å². The van der Waals surface area contributed by atoms with E-state index in [1.165, 1.54) is 25.3 Å². The quantitative estimate of drug-likeness (QED) is 0.482. The van der Waals surface area contributed by atoms with E-state index in [2.05, 4.69) is 4.74 Å². The van der Waals surface area contributed by atoms with Gasteiger partial charge in [-0.15, -0.1) is 0 Å². The maximum Gasteiger partial charge on any atom is 0.341 e. The minimum absolute atomic E-state index is 0.156. The maximum absolute atomic E-state index is 11.9. The Morgan fingerprint density at radius 1 is 0.957 bits per heavy atom. The number of methoxy groups -OCH3 is 2. The molecule has 0 saturated heterocycles. The Morgan fingerprint density at radius 3 is 2.30 bits per heavy atom. The van der Waals surface area contributed by atoms with Gasteiger partial charge in [-0.2, -0.15) is 0 Å². The number of ether oxygens (including phenoxy) is 3. The fourth-order valence-electron chi connectivity index (χ4n) is 1.86. The van der Waals surface area contributed by atoms with Crippen molar-refractivity contribution in [3.63, 3.8) is 0 Å². The normalized spacial score (nSPS) is 10.3. The Balaban J connectivity index is 2.07. The summed E-state index contributed by atoms with van der Waals surface area (Å²) < 4.78 is 14.9. The van der Waals surface area contributed by atoms with E-state index in [0.717, 1.165) is 11.3 Å². The molecular formula is C18H16O5. The summed E-state index contributed by atoms with van der Waals surface area (Å²) in [7, 11) is 2.85. The molecule has 118 valence electrons. The topological polar surface area (TPSA) is 61.8 Å². The average Bonchev–Trinajstić information content (AvgIpc) is 2.60. The molecule has 0 aliphatic heterocycles. The largest absolute Gasteiger partial charge is 0.497 e. The Hall–Kier alpha value is -3.08. The van der Waals surface area contributed by atoms with Crippen LogP contribution in [0.3, 0.4) is 0 Å². The van der Waals surface area contributed by atoms with E-state index in [1.807, 2.05) is 12.1 Å². The molecular weight excluding hydrogens is 296 g/mol. The van der Waals surface area contributed by atoms with Crippen LogP contribution in [-0.2, 0) is 9.53 Å². The van der Waals surface area contributed by atoms with Gasteiger partial charge in [-0.3, -0.25) is 0 Å². The molecule has 2 rings (SSSR count). The molecule has 0 saturated carbocycles. The lowest BCUT2D eigenvalue weighted by molar-refractivity contribution is -0.128. The summed E-state index contributed by atoms with van der Waals surface area (Å²) in [6, 6.07) is 13.6. The molecule has 0 fully saturated rings. The van der Waals surface area contributed by atoms with E-state index >= 15 is 0 Å². The van der Waals surface area contributed by atoms with Crippen molar-refractivity contribution in [2.45, 2.75) is 0 Å². The summed E-state index contributed by atoms with van der Waals surface area (Å²) in [5.41, 5.74) is 1.02. The minimum atomic E-state index is -0.586. The number of carbonyl (C=O) groups is 2. The molecule has 2 aromatic rings. The third-order valence-electron chi connectivity index (χ3n) is 3.03. The van der Waals surface area contributed by atoms with Crippen LogP contribution in [-0.4, -0.2) is 26.2 Å². The molecule has 0 atom stereocenters. The molecule has 0 spiro atoms. The summed E-state index contributed by atoms with van der Waals surface area (Å²) >= 11 is 0. The number of benzene rings is 2. The van der Waals surface area contributed by atoms with Crippen molar-refractivity contribution in [2.75, 3.05) is 14.2 Å². The highest BCUT2D eigenvalue weighted by Gasteiger charge is 2.13. The number of hydrogen-bond donors (Lipinski definition) is 0. The van der Waals surface area contributed by atoms with Gasteiger partial charge >= 0.3 is 11.9 Å². The first-order chi connectivity index (χ1) is 11.1. The Kier molecular flexibility index (Phi) is 5.52. The van der Waals surface area contributed by atoms with Crippen molar-refractivity contribution < 1.29 is 23.8 Å². The standard InChI is InChI=1S/C18H16O5/c1-21-14-10-7-13(8-11-14)9-12-17(19)23-16-6-4-3-5-15(16)18(20)22-2/h3-12H,1-2H3/b12-9+. The smallest absolute Gasteiger partial charge is 0.341 e. The van der Waals surface area contributed by atoms with Gasteiger partial charge in [0, 0.05) is 6.08 Å². The number of carbonyl (C=O) groups excluding carboxylic acids is 2. The second-order valence-electron chi connectivity index (χ2n) is 4.52. The molecule has 0 radical (unpaired) electrons. The van der Waals surface area contributed by atoms with Crippen LogP contribution in [0.2, 0.25) is 0 Å². The van der Waals surface area contributed by atoms with Crippen molar-refractivity contribution in [3.8, 4) is 11.5 Å². The van der Waals surface area contributed by atoms with Crippen molar-refractivity contribution in [1.82, 2.24) is 0 Å². The molecule has 0 aromatic heterocycles. The minimum Gasteiger partial charge on any atom is -0.497 e. The van der Waals surface area contributed by atoms with Crippen LogP contribution in [0.1, 0.15) is 15.9 Å². The molecule has 0 aliphatic carbocycles. The summed E-state index contributed by atoms with van der Waals surface area (Å²) in [4.78, 5) is 23.5. The van der Waals surface area contributed by atoms with Crippen LogP contribution < -0.4 is 9.47 Å². The molecule has 2 aromatic carbocycles. The van der Waals surface area contributed by atoms with Gasteiger partial charge in [-0.1, -0.05) is 24.3 Å². The first-order valence-electron chi connectivity index (χ1n) is 6.85. The zero-order valence-electron chi connectivity index (χ0n) is 12.8. The van der Waals surface area contributed by atoms with E-state index in [1.54, 1.807) is 37.5 Å². The molecule has 0 unspecified atom stereocenters. The highest BCUT2D eigenvalue weighted by molar-refractivity contribution is 5.95.